The van der Waals surface area contributed by atoms with Crippen molar-refractivity contribution in [2.75, 3.05) is 6.61 Å². The van der Waals surface area contributed by atoms with Gasteiger partial charge in [0.25, 0.3) is 0 Å². The van der Waals surface area contributed by atoms with Crippen molar-refractivity contribution in [3.63, 3.8) is 0 Å². The van der Waals surface area contributed by atoms with E-state index in [-0.39, 0.29) is 6.61 Å². The van der Waals surface area contributed by atoms with Gasteiger partial charge in [0.05, 0.1) is 0 Å². The van der Waals surface area contributed by atoms with E-state index in [0.717, 1.165) is 31.3 Å². The molecule has 0 aliphatic carbocycles. The minimum Gasteiger partial charge on any atom is -0.428 e. The third-order valence-electron chi connectivity index (χ3n) is 2.15. The molecule has 0 atom stereocenters. The van der Waals surface area contributed by atoms with Gasteiger partial charge in [-0.05, 0) is 32.8 Å². The predicted octanol–water partition coefficient (Wildman–Crippen LogP) is 4.01. The van der Waals surface area contributed by atoms with Gasteiger partial charge >= 0.3 is 6.16 Å². The molecule has 0 aliphatic rings. The maximum Gasteiger partial charge on any atom is 0.540 e. The zero-order valence-electron chi connectivity index (χ0n) is 11.4. The Morgan fingerprint density at radius 3 is 2.47 bits per heavy atom. The maximum atomic E-state index is 11.1. The molecule has 0 aliphatic heterocycles. The fourth-order valence-electron chi connectivity index (χ4n) is 1.20. The van der Waals surface area contributed by atoms with Crippen molar-refractivity contribution >= 4 is 6.16 Å². The number of ether oxygens (including phenoxy) is 1. The van der Waals surface area contributed by atoms with E-state index < -0.39 is 11.8 Å². The van der Waals surface area contributed by atoms with Crippen LogP contribution in [0.25, 0.3) is 0 Å². The van der Waals surface area contributed by atoms with Crippen LogP contribution in [0.3, 0.4) is 0 Å². The lowest BCUT2D eigenvalue weighted by Gasteiger charge is -2.22. The lowest BCUT2D eigenvalue weighted by molar-refractivity contribution is -0.318. The van der Waals surface area contributed by atoms with E-state index in [1.807, 2.05) is 13.8 Å². The molecule has 0 bridgehead atoms. The van der Waals surface area contributed by atoms with Gasteiger partial charge in [0.15, 0.2) is 0 Å². The van der Waals surface area contributed by atoms with Crippen molar-refractivity contribution in [1.82, 2.24) is 0 Å². The lowest BCUT2D eigenvalue weighted by atomic mass is 10.0. The molecule has 0 unspecified atom stereocenters. The highest BCUT2D eigenvalue weighted by atomic mass is 17.2. The molecule has 0 aromatic carbocycles. The van der Waals surface area contributed by atoms with Gasteiger partial charge in [-0.3, -0.25) is 4.89 Å². The number of unbranched alkanes of at least 4 members (excludes halogenated alkanes) is 2. The van der Waals surface area contributed by atoms with E-state index >= 15 is 0 Å². The van der Waals surface area contributed by atoms with E-state index in [9.17, 15) is 4.79 Å². The third-order valence-corrected chi connectivity index (χ3v) is 2.15. The van der Waals surface area contributed by atoms with Crippen molar-refractivity contribution in [2.45, 2.75) is 59.0 Å². The van der Waals surface area contributed by atoms with Crippen LogP contribution in [0.1, 0.15) is 53.4 Å². The van der Waals surface area contributed by atoms with Crippen LogP contribution in [0, 0.1) is 0 Å². The molecule has 0 saturated heterocycles. The molecule has 0 heterocycles. The van der Waals surface area contributed by atoms with Crippen molar-refractivity contribution < 1.29 is 19.3 Å². The summed E-state index contributed by atoms with van der Waals surface area (Å²) in [6.07, 6.45) is 3.36. The first-order valence-electron chi connectivity index (χ1n) is 6.04. The van der Waals surface area contributed by atoms with E-state index in [1.54, 1.807) is 6.92 Å². The highest BCUT2D eigenvalue weighted by Crippen LogP contribution is 2.19. The fourth-order valence-corrected chi connectivity index (χ4v) is 1.20. The number of carbonyl (C=O) groups is 1. The zero-order chi connectivity index (χ0) is 13.3. The molecular weight excluding hydrogens is 220 g/mol. The quantitative estimate of drug-likeness (QED) is 0.213. The molecule has 0 N–H and O–H groups in total. The zero-order valence-corrected chi connectivity index (χ0v) is 11.4. The molecular formula is C13H24O4. The Kier molecular flexibility index (Phi) is 7.63. The molecule has 17 heavy (non-hydrogen) atoms. The Morgan fingerprint density at radius 2 is 1.94 bits per heavy atom. The van der Waals surface area contributed by atoms with Gasteiger partial charge in [-0.2, -0.15) is 4.89 Å². The molecule has 0 fully saturated rings. The fraction of sp³-hybridized carbons (Fsp3) is 0.769. The molecule has 0 saturated carbocycles. The van der Waals surface area contributed by atoms with Crippen LogP contribution in [0.5, 0.6) is 0 Å². The first-order valence-corrected chi connectivity index (χ1v) is 6.04. The van der Waals surface area contributed by atoms with Crippen LogP contribution in [-0.2, 0) is 14.5 Å². The summed E-state index contributed by atoms with van der Waals surface area (Å²) < 4.78 is 4.74. The standard InChI is InChI=1S/C13H24O4/c1-6-7-8-9-13(4,5)17-16-12(14)15-10-11(2)3/h2,6-10H2,1,3-5H3. The molecule has 0 aromatic rings. The van der Waals surface area contributed by atoms with E-state index in [4.69, 9.17) is 9.62 Å². The molecule has 100 valence electrons. The summed E-state index contributed by atoms with van der Waals surface area (Å²) in [5, 5.41) is 0. The van der Waals surface area contributed by atoms with Gasteiger partial charge in [-0.15, -0.1) is 0 Å². The predicted molar refractivity (Wildman–Crippen MR) is 66.6 cm³/mol. The molecule has 0 amide bonds. The number of hydrogen-bond acceptors (Lipinski definition) is 4. The molecule has 0 rings (SSSR count). The van der Waals surface area contributed by atoms with Crippen molar-refractivity contribution in [3.8, 4) is 0 Å². The molecule has 0 radical (unpaired) electrons. The van der Waals surface area contributed by atoms with Crippen molar-refractivity contribution in [2.24, 2.45) is 0 Å². The Labute approximate surface area is 104 Å². The molecule has 4 heteroatoms. The topological polar surface area (TPSA) is 44.8 Å². The lowest BCUT2D eigenvalue weighted by Crippen LogP contribution is -2.26. The largest absolute Gasteiger partial charge is 0.540 e. The van der Waals surface area contributed by atoms with Gasteiger partial charge in [-0.1, -0.05) is 32.8 Å². The smallest absolute Gasteiger partial charge is 0.428 e. The average molecular weight is 244 g/mol. The van der Waals surface area contributed by atoms with E-state index in [2.05, 4.69) is 18.4 Å². The van der Waals surface area contributed by atoms with Gasteiger partial charge in [0.1, 0.15) is 12.2 Å². The summed E-state index contributed by atoms with van der Waals surface area (Å²) in [5.74, 6) is 0. The Bertz CT molecular complexity index is 246. The third kappa shape index (κ3) is 9.87. The SMILES string of the molecule is C=C(C)COC(=O)OOC(C)(C)CCCCC. The maximum absolute atomic E-state index is 11.1. The highest BCUT2D eigenvalue weighted by molar-refractivity contribution is 5.59. The van der Waals surface area contributed by atoms with Gasteiger partial charge in [0, 0.05) is 0 Å². The highest BCUT2D eigenvalue weighted by Gasteiger charge is 2.22. The van der Waals surface area contributed by atoms with Crippen LogP contribution in [-0.4, -0.2) is 18.4 Å². The number of rotatable bonds is 8. The van der Waals surface area contributed by atoms with Crippen molar-refractivity contribution in [3.05, 3.63) is 12.2 Å². The second kappa shape index (κ2) is 8.12. The van der Waals surface area contributed by atoms with Crippen molar-refractivity contribution in [1.29, 1.82) is 0 Å². The van der Waals surface area contributed by atoms with Crippen LogP contribution >= 0.6 is 0 Å². The minimum absolute atomic E-state index is 0.151. The van der Waals surface area contributed by atoms with Gasteiger partial charge in [-0.25, -0.2) is 4.79 Å². The molecule has 0 aromatic heterocycles. The second-order valence-electron chi connectivity index (χ2n) is 4.88. The summed E-state index contributed by atoms with van der Waals surface area (Å²) in [5.41, 5.74) is 0.279. The summed E-state index contributed by atoms with van der Waals surface area (Å²) >= 11 is 0. The van der Waals surface area contributed by atoms with Crippen LogP contribution < -0.4 is 0 Å². The monoisotopic (exact) mass is 244 g/mol. The first kappa shape index (κ1) is 16.0. The molecule has 0 spiro atoms. The van der Waals surface area contributed by atoms with Crippen LogP contribution in [0.15, 0.2) is 12.2 Å². The average Bonchev–Trinajstić information content (AvgIpc) is 2.24. The normalized spacial score (nSPS) is 11.1. The molecule has 4 nitrogen and oxygen atoms in total. The Morgan fingerprint density at radius 1 is 1.29 bits per heavy atom. The Balaban J connectivity index is 3.76. The summed E-state index contributed by atoms with van der Waals surface area (Å²) in [4.78, 5) is 20.8. The Hall–Kier alpha value is -1.03. The number of hydrogen-bond donors (Lipinski definition) is 0. The van der Waals surface area contributed by atoms with Crippen LogP contribution in [0.4, 0.5) is 4.79 Å². The van der Waals surface area contributed by atoms with Gasteiger partial charge < -0.3 is 4.74 Å². The first-order chi connectivity index (χ1) is 7.87. The van der Waals surface area contributed by atoms with E-state index in [0.29, 0.717) is 0 Å². The summed E-state index contributed by atoms with van der Waals surface area (Å²) in [7, 11) is 0. The van der Waals surface area contributed by atoms with E-state index in [1.165, 1.54) is 0 Å². The van der Waals surface area contributed by atoms with Gasteiger partial charge in [0.2, 0.25) is 0 Å². The minimum atomic E-state index is -0.823. The summed E-state index contributed by atoms with van der Waals surface area (Å²) in [6.45, 7) is 11.4. The number of carbonyl (C=O) groups excluding carboxylic acids is 1. The summed E-state index contributed by atoms with van der Waals surface area (Å²) in [6, 6.07) is 0. The van der Waals surface area contributed by atoms with Crippen LogP contribution in [0.2, 0.25) is 0 Å². The second-order valence-corrected chi connectivity index (χ2v) is 4.88.